The van der Waals surface area contributed by atoms with Gasteiger partial charge < -0.3 is 15.9 Å². The summed E-state index contributed by atoms with van der Waals surface area (Å²) in [5, 5.41) is 17.0. The van der Waals surface area contributed by atoms with E-state index in [1.807, 2.05) is 0 Å². The van der Waals surface area contributed by atoms with Gasteiger partial charge in [0.1, 0.15) is 6.04 Å². The molecule has 0 spiro atoms. The van der Waals surface area contributed by atoms with Gasteiger partial charge in [0.2, 0.25) is 0 Å². The normalized spacial score (nSPS) is 12.3. The van der Waals surface area contributed by atoms with E-state index in [2.05, 4.69) is 0 Å². The van der Waals surface area contributed by atoms with Crippen molar-refractivity contribution in [1.82, 2.24) is 0 Å². The van der Waals surface area contributed by atoms with Gasteiger partial charge >= 0.3 is 11.9 Å². The molecule has 0 unspecified atom stereocenters. The molecule has 0 heterocycles. The van der Waals surface area contributed by atoms with E-state index in [1.165, 1.54) is 0 Å². The van der Waals surface area contributed by atoms with Crippen molar-refractivity contribution in [1.29, 1.82) is 0 Å². The van der Waals surface area contributed by atoms with Gasteiger partial charge in [-0.1, -0.05) is 38.5 Å². The monoisotopic (exact) mass is 245 g/mol. The van der Waals surface area contributed by atoms with Gasteiger partial charge in [-0.05, 0) is 12.8 Å². The summed E-state index contributed by atoms with van der Waals surface area (Å²) >= 11 is 0. The zero-order valence-corrected chi connectivity index (χ0v) is 10.2. The van der Waals surface area contributed by atoms with Gasteiger partial charge in [-0.25, -0.2) is 0 Å². The van der Waals surface area contributed by atoms with Crippen LogP contribution in [-0.2, 0) is 9.59 Å². The van der Waals surface area contributed by atoms with Gasteiger partial charge in [0.15, 0.2) is 0 Å². The van der Waals surface area contributed by atoms with E-state index in [0.717, 1.165) is 44.9 Å². The van der Waals surface area contributed by atoms with E-state index in [0.29, 0.717) is 6.42 Å². The summed E-state index contributed by atoms with van der Waals surface area (Å²) in [6.07, 6.45) is 7.56. The summed E-state index contributed by atoms with van der Waals surface area (Å²) in [5.74, 6) is -1.66. The molecule has 0 fully saturated rings. The van der Waals surface area contributed by atoms with Gasteiger partial charge in [-0.3, -0.25) is 9.59 Å². The lowest BCUT2D eigenvalue weighted by Gasteiger charge is -2.05. The second-order valence-corrected chi connectivity index (χ2v) is 4.35. The number of hydrogen-bond acceptors (Lipinski definition) is 3. The highest BCUT2D eigenvalue weighted by molar-refractivity contribution is 5.72. The number of carbonyl (C=O) groups is 2. The largest absolute Gasteiger partial charge is 0.481 e. The molecule has 1 atom stereocenters. The third-order valence-electron chi connectivity index (χ3n) is 2.72. The smallest absolute Gasteiger partial charge is 0.320 e. The molecule has 0 amide bonds. The van der Waals surface area contributed by atoms with Crippen LogP contribution in [0.3, 0.4) is 0 Å². The summed E-state index contributed by atoms with van der Waals surface area (Å²) < 4.78 is 0. The fraction of sp³-hybridized carbons (Fsp3) is 0.833. The minimum absolute atomic E-state index is 0.257. The maximum Gasteiger partial charge on any atom is 0.320 e. The van der Waals surface area contributed by atoms with Crippen molar-refractivity contribution in [2.24, 2.45) is 5.73 Å². The molecule has 5 heteroatoms. The summed E-state index contributed by atoms with van der Waals surface area (Å²) in [7, 11) is 0. The Hall–Kier alpha value is -1.10. The van der Waals surface area contributed by atoms with E-state index < -0.39 is 18.0 Å². The maximum absolute atomic E-state index is 10.4. The van der Waals surface area contributed by atoms with Gasteiger partial charge in [0, 0.05) is 6.42 Å². The number of aliphatic carboxylic acids is 2. The highest BCUT2D eigenvalue weighted by Crippen LogP contribution is 2.10. The van der Waals surface area contributed by atoms with Gasteiger partial charge in [0.25, 0.3) is 0 Å². The average molecular weight is 245 g/mol. The predicted octanol–water partition coefficient (Wildman–Crippen LogP) is 1.99. The zero-order valence-electron chi connectivity index (χ0n) is 10.2. The van der Waals surface area contributed by atoms with Crippen LogP contribution < -0.4 is 5.73 Å². The number of carboxylic acids is 2. The summed E-state index contributed by atoms with van der Waals surface area (Å²) in [4.78, 5) is 20.7. The third-order valence-corrected chi connectivity index (χ3v) is 2.72. The topological polar surface area (TPSA) is 101 Å². The van der Waals surface area contributed by atoms with Gasteiger partial charge in [-0.15, -0.1) is 0 Å². The molecule has 0 aliphatic rings. The molecule has 0 rings (SSSR count). The molecule has 0 saturated heterocycles. The second-order valence-electron chi connectivity index (χ2n) is 4.35. The van der Waals surface area contributed by atoms with Crippen LogP contribution >= 0.6 is 0 Å². The number of carboxylic acid groups (broad SMARTS) is 2. The van der Waals surface area contributed by atoms with Crippen LogP contribution in [-0.4, -0.2) is 28.2 Å². The average Bonchev–Trinajstić information content (AvgIpc) is 2.25. The summed E-state index contributed by atoms with van der Waals surface area (Å²) in [6, 6.07) is -0.731. The Bertz CT molecular complexity index is 231. The molecule has 0 aliphatic carbocycles. The van der Waals surface area contributed by atoms with Crippen LogP contribution in [0.2, 0.25) is 0 Å². The van der Waals surface area contributed by atoms with Gasteiger partial charge in [-0.2, -0.15) is 0 Å². The molecule has 0 aromatic heterocycles. The lowest BCUT2D eigenvalue weighted by Crippen LogP contribution is -2.29. The van der Waals surface area contributed by atoms with E-state index >= 15 is 0 Å². The van der Waals surface area contributed by atoms with Crippen molar-refractivity contribution in [2.75, 3.05) is 0 Å². The molecule has 100 valence electrons. The first kappa shape index (κ1) is 15.9. The Kier molecular flexibility index (Phi) is 9.43. The van der Waals surface area contributed by atoms with Gasteiger partial charge in [0.05, 0.1) is 0 Å². The SMILES string of the molecule is N[C@H](CCCCCCCCCC(=O)O)C(=O)O. The molecule has 0 radical (unpaired) electrons. The molecule has 0 aliphatic heterocycles. The number of rotatable bonds is 11. The Morgan fingerprint density at radius 3 is 1.82 bits per heavy atom. The van der Waals surface area contributed by atoms with Crippen molar-refractivity contribution >= 4 is 11.9 Å². The Balaban J connectivity index is 3.14. The minimum atomic E-state index is -0.932. The highest BCUT2D eigenvalue weighted by Gasteiger charge is 2.09. The van der Waals surface area contributed by atoms with Crippen LogP contribution in [0.1, 0.15) is 57.8 Å². The standard InChI is InChI=1S/C12H23NO4/c13-10(12(16)17)8-6-4-2-1-3-5-7-9-11(14)15/h10H,1-9,13H2,(H,14,15)(H,16,17)/t10-/m1/s1. The molecule has 0 aromatic carbocycles. The number of unbranched alkanes of at least 4 members (excludes halogenated alkanes) is 6. The van der Waals surface area contributed by atoms with Crippen molar-refractivity contribution in [2.45, 2.75) is 63.8 Å². The first-order chi connectivity index (χ1) is 8.04. The van der Waals surface area contributed by atoms with E-state index in [9.17, 15) is 9.59 Å². The molecule has 4 N–H and O–H groups in total. The molecular formula is C12H23NO4. The second kappa shape index (κ2) is 10.1. The van der Waals surface area contributed by atoms with E-state index in [-0.39, 0.29) is 6.42 Å². The third kappa shape index (κ3) is 11.2. The maximum atomic E-state index is 10.4. The lowest BCUT2D eigenvalue weighted by atomic mass is 10.0. The molecule has 17 heavy (non-hydrogen) atoms. The molecular weight excluding hydrogens is 222 g/mol. The lowest BCUT2D eigenvalue weighted by molar-refractivity contribution is -0.139. The zero-order chi connectivity index (χ0) is 13.1. The highest BCUT2D eigenvalue weighted by atomic mass is 16.4. The Labute approximate surface area is 102 Å². The van der Waals surface area contributed by atoms with Crippen molar-refractivity contribution < 1.29 is 19.8 Å². The van der Waals surface area contributed by atoms with Crippen LogP contribution in [0, 0.1) is 0 Å². The molecule has 0 bridgehead atoms. The summed E-state index contributed by atoms with van der Waals surface area (Å²) in [5.41, 5.74) is 5.37. The molecule has 0 aromatic rings. The summed E-state index contributed by atoms with van der Waals surface area (Å²) in [6.45, 7) is 0. The first-order valence-corrected chi connectivity index (χ1v) is 6.24. The van der Waals surface area contributed by atoms with E-state index in [1.54, 1.807) is 0 Å². The molecule has 0 saturated carbocycles. The van der Waals surface area contributed by atoms with Crippen LogP contribution in [0.4, 0.5) is 0 Å². The van der Waals surface area contributed by atoms with E-state index in [4.69, 9.17) is 15.9 Å². The fourth-order valence-corrected chi connectivity index (χ4v) is 1.65. The first-order valence-electron chi connectivity index (χ1n) is 6.24. The van der Waals surface area contributed by atoms with Crippen molar-refractivity contribution in [3.63, 3.8) is 0 Å². The van der Waals surface area contributed by atoms with Crippen molar-refractivity contribution in [3.05, 3.63) is 0 Å². The number of nitrogens with two attached hydrogens (primary N) is 1. The Morgan fingerprint density at radius 1 is 0.882 bits per heavy atom. The molecule has 5 nitrogen and oxygen atoms in total. The predicted molar refractivity (Wildman–Crippen MR) is 64.8 cm³/mol. The van der Waals surface area contributed by atoms with Crippen LogP contribution in [0.15, 0.2) is 0 Å². The van der Waals surface area contributed by atoms with Crippen LogP contribution in [0.5, 0.6) is 0 Å². The Morgan fingerprint density at radius 2 is 1.35 bits per heavy atom. The van der Waals surface area contributed by atoms with Crippen molar-refractivity contribution in [3.8, 4) is 0 Å². The number of hydrogen-bond donors (Lipinski definition) is 3. The quantitative estimate of drug-likeness (QED) is 0.483. The minimum Gasteiger partial charge on any atom is -0.481 e. The fourth-order valence-electron chi connectivity index (χ4n) is 1.65. The van der Waals surface area contributed by atoms with Crippen LogP contribution in [0.25, 0.3) is 0 Å².